The fourth-order valence-corrected chi connectivity index (χ4v) is 5.43. The molecule has 0 unspecified atom stereocenters. The SMILES string of the molecule is O=C(Nc1ccc(F)cc1)N1CCCCN2[C@H](CO)[C@@H](c3ccc(-c4cccc(F)c4)cc3)[C@@H]2C1. The summed E-state index contributed by atoms with van der Waals surface area (Å²) >= 11 is 0. The van der Waals surface area contributed by atoms with Crippen molar-refractivity contribution in [2.24, 2.45) is 0 Å². The van der Waals surface area contributed by atoms with Crippen molar-refractivity contribution in [1.29, 1.82) is 0 Å². The van der Waals surface area contributed by atoms with Crippen molar-refractivity contribution in [3.8, 4) is 11.1 Å². The number of aliphatic hydroxyl groups excluding tert-OH is 1. The van der Waals surface area contributed by atoms with Gasteiger partial charge in [0, 0.05) is 36.8 Å². The minimum Gasteiger partial charge on any atom is -0.395 e. The van der Waals surface area contributed by atoms with E-state index >= 15 is 0 Å². The first-order valence-electron chi connectivity index (χ1n) is 12.1. The van der Waals surface area contributed by atoms with Crippen molar-refractivity contribution in [2.45, 2.75) is 30.8 Å². The summed E-state index contributed by atoms with van der Waals surface area (Å²) in [7, 11) is 0. The maximum absolute atomic E-state index is 13.6. The van der Waals surface area contributed by atoms with Gasteiger partial charge >= 0.3 is 6.03 Å². The van der Waals surface area contributed by atoms with E-state index in [1.165, 1.54) is 24.3 Å². The number of amides is 2. The Kier molecular flexibility index (Phi) is 6.79. The van der Waals surface area contributed by atoms with Crippen LogP contribution in [0.2, 0.25) is 0 Å². The lowest BCUT2D eigenvalue weighted by atomic mass is 9.74. The third kappa shape index (κ3) is 4.92. The number of hydrogen-bond acceptors (Lipinski definition) is 3. The Labute approximate surface area is 204 Å². The molecule has 7 heteroatoms. The molecule has 5 nitrogen and oxygen atoms in total. The largest absolute Gasteiger partial charge is 0.395 e. The molecule has 2 saturated heterocycles. The first kappa shape index (κ1) is 23.5. The van der Waals surface area contributed by atoms with Crippen LogP contribution in [0.4, 0.5) is 19.3 Å². The molecule has 0 aromatic heterocycles. The molecule has 2 aliphatic rings. The summed E-state index contributed by atoms with van der Waals surface area (Å²) < 4.78 is 26.9. The van der Waals surface area contributed by atoms with Crippen molar-refractivity contribution >= 4 is 11.7 Å². The molecule has 3 atom stereocenters. The van der Waals surface area contributed by atoms with Gasteiger partial charge in [-0.05, 0) is 72.5 Å². The Morgan fingerprint density at radius 3 is 2.37 bits per heavy atom. The highest BCUT2D eigenvalue weighted by atomic mass is 19.1. The summed E-state index contributed by atoms with van der Waals surface area (Å²) in [4.78, 5) is 17.2. The number of benzene rings is 3. The molecule has 182 valence electrons. The second-order valence-electron chi connectivity index (χ2n) is 9.30. The Morgan fingerprint density at radius 1 is 0.914 bits per heavy atom. The number of hydrogen-bond donors (Lipinski definition) is 2. The highest BCUT2D eigenvalue weighted by Crippen LogP contribution is 2.42. The molecule has 3 aromatic carbocycles. The smallest absolute Gasteiger partial charge is 0.321 e. The van der Waals surface area contributed by atoms with Crippen LogP contribution in [0.15, 0.2) is 72.8 Å². The average Bonchev–Trinajstić information content (AvgIpc) is 2.85. The molecule has 2 heterocycles. The Balaban J connectivity index is 1.34. The highest BCUT2D eigenvalue weighted by Gasteiger charge is 2.49. The van der Waals surface area contributed by atoms with E-state index in [4.69, 9.17) is 0 Å². The third-order valence-corrected chi connectivity index (χ3v) is 7.21. The van der Waals surface area contributed by atoms with Gasteiger partial charge in [0.05, 0.1) is 6.61 Å². The van der Waals surface area contributed by atoms with Crippen LogP contribution < -0.4 is 5.32 Å². The Hall–Kier alpha value is -3.29. The molecule has 3 aromatic rings. The van der Waals surface area contributed by atoms with Gasteiger partial charge in [-0.15, -0.1) is 0 Å². The van der Waals surface area contributed by atoms with E-state index in [1.807, 2.05) is 35.2 Å². The number of nitrogens with zero attached hydrogens (tertiary/aromatic N) is 2. The van der Waals surface area contributed by atoms with Crippen molar-refractivity contribution in [2.75, 3.05) is 31.6 Å². The van der Waals surface area contributed by atoms with Gasteiger partial charge in [-0.25, -0.2) is 13.6 Å². The highest BCUT2D eigenvalue weighted by molar-refractivity contribution is 5.89. The zero-order valence-electron chi connectivity index (χ0n) is 19.4. The van der Waals surface area contributed by atoms with E-state index in [1.54, 1.807) is 18.2 Å². The summed E-state index contributed by atoms with van der Waals surface area (Å²) in [5.41, 5.74) is 3.41. The van der Waals surface area contributed by atoms with Crippen molar-refractivity contribution in [3.05, 3.63) is 90.0 Å². The summed E-state index contributed by atoms with van der Waals surface area (Å²) in [5.74, 6) is -0.531. The standard InChI is InChI=1S/C28H29F2N3O2/c29-22-10-12-24(13-11-22)31-28(35)32-14-1-2-15-33-25(17-32)27(26(33)18-34)20-8-6-19(7-9-20)21-4-3-5-23(30)16-21/h3-13,16,25-27,34H,1-2,14-15,17-18H2,(H,31,35)/t25-,26+,27-/m0/s1. The van der Waals surface area contributed by atoms with E-state index < -0.39 is 0 Å². The zero-order valence-corrected chi connectivity index (χ0v) is 19.4. The summed E-state index contributed by atoms with van der Waals surface area (Å²) in [6, 6.07) is 20.2. The lowest BCUT2D eigenvalue weighted by Crippen LogP contribution is -2.68. The molecule has 35 heavy (non-hydrogen) atoms. The van der Waals surface area contributed by atoms with Crippen molar-refractivity contribution in [1.82, 2.24) is 9.80 Å². The van der Waals surface area contributed by atoms with Gasteiger partial charge in [-0.1, -0.05) is 36.4 Å². The van der Waals surface area contributed by atoms with Crippen LogP contribution >= 0.6 is 0 Å². The third-order valence-electron chi connectivity index (χ3n) is 7.21. The molecule has 2 N–H and O–H groups in total. The molecule has 2 aliphatic heterocycles. The first-order chi connectivity index (χ1) is 17.0. The van der Waals surface area contributed by atoms with Crippen LogP contribution in [-0.4, -0.2) is 59.3 Å². The number of aliphatic hydroxyl groups is 1. The van der Waals surface area contributed by atoms with Crippen LogP contribution in [0.1, 0.15) is 24.3 Å². The number of anilines is 1. The summed E-state index contributed by atoms with van der Waals surface area (Å²) in [6.07, 6.45) is 1.82. The topological polar surface area (TPSA) is 55.8 Å². The first-order valence-corrected chi connectivity index (χ1v) is 12.1. The number of carbonyl (C=O) groups excluding carboxylic acids is 1. The molecular formula is C28H29F2N3O2. The Morgan fingerprint density at radius 2 is 1.66 bits per heavy atom. The number of carbonyl (C=O) groups is 1. The molecular weight excluding hydrogens is 448 g/mol. The predicted octanol–water partition coefficient (Wildman–Crippen LogP) is 5.09. The Bertz CT molecular complexity index is 1170. The molecule has 5 rings (SSSR count). The quantitative estimate of drug-likeness (QED) is 0.551. The number of rotatable bonds is 4. The minimum absolute atomic E-state index is 0.000120. The molecule has 2 fully saturated rings. The van der Waals surface area contributed by atoms with Crippen LogP contribution in [0.5, 0.6) is 0 Å². The van der Waals surface area contributed by atoms with Gasteiger partial charge in [0.1, 0.15) is 11.6 Å². The average molecular weight is 478 g/mol. The van der Waals surface area contributed by atoms with E-state index in [9.17, 15) is 18.7 Å². The lowest BCUT2D eigenvalue weighted by molar-refractivity contribution is -0.0585. The zero-order chi connectivity index (χ0) is 24.4. The minimum atomic E-state index is -0.347. The monoisotopic (exact) mass is 477 g/mol. The number of fused-ring (bicyclic) bond motifs is 1. The molecule has 0 saturated carbocycles. The second kappa shape index (κ2) is 10.1. The van der Waals surface area contributed by atoms with Crippen molar-refractivity contribution in [3.63, 3.8) is 0 Å². The number of nitrogens with one attached hydrogen (secondary N) is 1. The normalized spacial score (nSPS) is 22.5. The van der Waals surface area contributed by atoms with Crippen LogP contribution in [0.25, 0.3) is 11.1 Å². The van der Waals surface area contributed by atoms with Crippen LogP contribution in [-0.2, 0) is 0 Å². The maximum atomic E-state index is 13.6. The molecule has 0 aliphatic carbocycles. The maximum Gasteiger partial charge on any atom is 0.321 e. The fourth-order valence-electron chi connectivity index (χ4n) is 5.43. The van der Waals surface area contributed by atoms with Gasteiger partial charge in [-0.3, -0.25) is 4.90 Å². The summed E-state index contributed by atoms with van der Waals surface area (Å²) in [6.45, 7) is 2.13. The molecule has 0 bridgehead atoms. The molecule has 0 spiro atoms. The van der Waals surface area contributed by atoms with E-state index in [0.717, 1.165) is 36.1 Å². The second-order valence-corrected chi connectivity index (χ2v) is 9.30. The van der Waals surface area contributed by atoms with Gasteiger partial charge in [0.2, 0.25) is 0 Å². The lowest BCUT2D eigenvalue weighted by Gasteiger charge is -2.57. The van der Waals surface area contributed by atoms with Gasteiger partial charge in [0.25, 0.3) is 0 Å². The van der Waals surface area contributed by atoms with Gasteiger partial charge in [0.15, 0.2) is 0 Å². The van der Waals surface area contributed by atoms with Crippen molar-refractivity contribution < 1.29 is 18.7 Å². The fraction of sp³-hybridized carbons (Fsp3) is 0.321. The summed E-state index contributed by atoms with van der Waals surface area (Å²) in [5, 5.41) is 13.0. The van der Waals surface area contributed by atoms with Crippen LogP contribution in [0, 0.1) is 11.6 Å². The number of halogens is 2. The predicted molar refractivity (Wildman–Crippen MR) is 132 cm³/mol. The van der Waals surface area contributed by atoms with Crippen LogP contribution in [0.3, 0.4) is 0 Å². The van der Waals surface area contributed by atoms with Gasteiger partial charge in [-0.2, -0.15) is 0 Å². The van der Waals surface area contributed by atoms with E-state index in [2.05, 4.69) is 10.2 Å². The van der Waals surface area contributed by atoms with E-state index in [0.29, 0.717) is 18.8 Å². The van der Waals surface area contributed by atoms with E-state index in [-0.39, 0.29) is 42.3 Å². The molecule has 0 radical (unpaired) electrons. The molecule has 2 amide bonds. The number of urea groups is 1. The van der Waals surface area contributed by atoms with Gasteiger partial charge < -0.3 is 15.3 Å².